The van der Waals surface area contributed by atoms with Crippen molar-refractivity contribution < 1.29 is 4.79 Å². The van der Waals surface area contributed by atoms with Crippen molar-refractivity contribution in [2.75, 3.05) is 13.1 Å². The van der Waals surface area contributed by atoms with E-state index >= 15 is 0 Å². The lowest BCUT2D eigenvalue weighted by atomic mass is 9.82. The zero-order chi connectivity index (χ0) is 14.5. The second kappa shape index (κ2) is 6.56. The largest absolute Gasteiger partial charge is 0.341 e. The van der Waals surface area contributed by atoms with E-state index in [1.54, 1.807) is 0 Å². The Labute approximate surface area is 121 Å². The minimum absolute atomic E-state index is 0.0224. The third-order valence-corrected chi connectivity index (χ3v) is 4.08. The fraction of sp³-hybridized carbons (Fsp3) is 0.529. The van der Waals surface area contributed by atoms with Gasteiger partial charge in [0.25, 0.3) is 0 Å². The first-order chi connectivity index (χ1) is 9.67. The number of rotatable bonds is 4. The van der Waals surface area contributed by atoms with Gasteiger partial charge in [0, 0.05) is 13.1 Å². The Bertz CT molecular complexity index is 518. The molecule has 1 aromatic carbocycles. The average molecular weight is 270 g/mol. The average Bonchev–Trinajstić information content (AvgIpc) is 2.51. The Balaban J connectivity index is 2.19. The van der Waals surface area contributed by atoms with Crippen LogP contribution in [0.25, 0.3) is 0 Å². The maximum absolute atomic E-state index is 12.8. The second-order valence-electron chi connectivity index (χ2n) is 5.55. The molecule has 0 saturated carbocycles. The van der Waals surface area contributed by atoms with Crippen molar-refractivity contribution in [1.82, 2.24) is 4.90 Å². The molecule has 1 aliphatic carbocycles. The normalized spacial score (nSPS) is 18.8. The second-order valence-corrected chi connectivity index (χ2v) is 5.55. The molecule has 0 spiro atoms. The van der Waals surface area contributed by atoms with Crippen molar-refractivity contribution in [3.63, 3.8) is 0 Å². The van der Waals surface area contributed by atoms with E-state index in [9.17, 15) is 4.79 Å². The van der Waals surface area contributed by atoms with Gasteiger partial charge in [0.2, 0.25) is 5.91 Å². The van der Waals surface area contributed by atoms with Crippen LogP contribution in [0.5, 0.6) is 0 Å². The van der Waals surface area contributed by atoms with Gasteiger partial charge in [-0.05, 0) is 44.2 Å². The van der Waals surface area contributed by atoms with Crippen LogP contribution in [0.1, 0.15) is 43.7 Å². The first kappa shape index (κ1) is 14.6. The van der Waals surface area contributed by atoms with Crippen LogP contribution in [0, 0.1) is 17.2 Å². The van der Waals surface area contributed by atoms with Crippen LogP contribution < -0.4 is 0 Å². The summed E-state index contributed by atoms with van der Waals surface area (Å²) in [5, 5.41) is 8.94. The van der Waals surface area contributed by atoms with Gasteiger partial charge in [-0.3, -0.25) is 4.79 Å². The summed E-state index contributed by atoms with van der Waals surface area (Å²) in [4.78, 5) is 14.6. The van der Waals surface area contributed by atoms with Crippen molar-refractivity contribution in [2.24, 2.45) is 5.92 Å². The van der Waals surface area contributed by atoms with Gasteiger partial charge in [0.1, 0.15) is 0 Å². The van der Waals surface area contributed by atoms with Crippen molar-refractivity contribution in [1.29, 1.82) is 5.26 Å². The van der Waals surface area contributed by atoms with Crippen molar-refractivity contribution in [3.8, 4) is 6.07 Å². The highest BCUT2D eigenvalue weighted by atomic mass is 16.2. The van der Waals surface area contributed by atoms with Crippen LogP contribution in [0.3, 0.4) is 0 Å². The maximum Gasteiger partial charge on any atom is 0.230 e. The Hall–Kier alpha value is -1.82. The number of benzene rings is 1. The van der Waals surface area contributed by atoms with Gasteiger partial charge in [-0.25, -0.2) is 0 Å². The fourth-order valence-electron chi connectivity index (χ4n) is 2.98. The highest BCUT2D eigenvalue weighted by Gasteiger charge is 2.29. The number of carbonyl (C=O) groups excluding carboxylic acids is 1. The van der Waals surface area contributed by atoms with E-state index < -0.39 is 0 Å². The lowest BCUT2D eigenvalue weighted by Gasteiger charge is -2.30. The number of aryl methyl sites for hydroxylation is 1. The standard InChI is InChI=1S/C17H22N2O/c1-3-19(12-13(2)11-18)17(20)16-10-6-8-14-7-4-5-9-15(14)16/h4-5,7,9,13,16H,3,6,8,10,12H2,1-2H3/t13-,16-/m1/s1. The number of amides is 1. The number of hydrogen-bond donors (Lipinski definition) is 0. The van der Waals surface area contributed by atoms with Crippen LogP contribution in [0.2, 0.25) is 0 Å². The van der Waals surface area contributed by atoms with Gasteiger partial charge in [0.05, 0.1) is 17.9 Å². The third kappa shape index (κ3) is 3.01. The van der Waals surface area contributed by atoms with E-state index in [-0.39, 0.29) is 17.7 Å². The highest BCUT2D eigenvalue weighted by Crippen LogP contribution is 2.32. The maximum atomic E-state index is 12.8. The summed E-state index contributed by atoms with van der Waals surface area (Å²) >= 11 is 0. The fourth-order valence-corrected chi connectivity index (χ4v) is 2.98. The number of nitrogens with zero attached hydrogens (tertiary/aromatic N) is 2. The number of carbonyl (C=O) groups is 1. The molecule has 0 radical (unpaired) electrons. The van der Waals surface area contributed by atoms with E-state index in [0.717, 1.165) is 19.3 Å². The van der Waals surface area contributed by atoms with Gasteiger partial charge >= 0.3 is 0 Å². The molecular weight excluding hydrogens is 248 g/mol. The Morgan fingerprint density at radius 3 is 2.95 bits per heavy atom. The summed E-state index contributed by atoms with van der Waals surface area (Å²) in [6.07, 6.45) is 3.06. The summed E-state index contributed by atoms with van der Waals surface area (Å²) < 4.78 is 0. The minimum Gasteiger partial charge on any atom is -0.341 e. The quantitative estimate of drug-likeness (QED) is 0.843. The summed E-state index contributed by atoms with van der Waals surface area (Å²) in [6, 6.07) is 10.5. The molecule has 106 valence electrons. The number of likely N-dealkylation sites (N-methyl/N-ethyl adjacent to an activating group) is 1. The molecule has 0 unspecified atom stereocenters. The lowest BCUT2D eigenvalue weighted by molar-refractivity contribution is -0.133. The van der Waals surface area contributed by atoms with Gasteiger partial charge < -0.3 is 4.90 Å². The molecular formula is C17H22N2O. The predicted octanol–water partition coefficient (Wildman–Crippen LogP) is 3.11. The Kier molecular flexibility index (Phi) is 4.79. The SMILES string of the molecule is CCN(C[C@H](C)C#N)C(=O)[C@@H]1CCCc2ccccc21. The number of hydrogen-bond acceptors (Lipinski definition) is 2. The minimum atomic E-state index is -0.113. The van der Waals surface area contributed by atoms with Crippen molar-refractivity contribution in [2.45, 2.75) is 39.0 Å². The first-order valence-electron chi connectivity index (χ1n) is 7.43. The molecule has 0 aliphatic heterocycles. The molecule has 20 heavy (non-hydrogen) atoms. The van der Waals surface area contributed by atoms with E-state index in [2.05, 4.69) is 18.2 Å². The van der Waals surface area contributed by atoms with Gasteiger partial charge in [-0.1, -0.05) is 24.3 Å². The van der Waals surface area contributed by atoms with E-state index in [0.29, 0.717) is 13.1 Å². The van der Waals surface area contributed by atoms with Gasteiger partial charge in [-0.15, -0.1) is 0 Å². The molecule has 3 heteroatoms. The smallest absolute Gasteiger partial charge is 0.230 e. The summed E-state index contributed by atoms with van der Waals surface area (Å²) in [7, 11) is 0. The number of nitriles is 1. The van der Waals surface area contributed by atoms with E-state index in [1.165, 1.54) is 11.1 Å². The van der Waals surface area contributed by atoms with Crippen LogP contribution in [0.15, 0.2) is 24.3 Å². The Morgan fingerprint density at radius 1 is 1.50 bits per heavy atom. The topological polar surface area (TPSA) is 44.1 Å². The molecule has 0 N–H and O–H groups in total. The summed E-state index contributed by atoms with van der Waals surface area (Å²) in [5.41, 5.74) is 2.49. The summed E-state index contributed by atoms with van der Waals surface area (Å²) in [5.74, 6) is 0.0466. The number of fused-ring (bicyclic) bond motifs is 1. The molecule has 2 rings (SSSR count). The zero-order valence-electron chi connectivity index (χ0n) is 12.3. The molecule has 1 aliphatic rings. The molecule has 3 nitrogen and oxygen atoms in total. The van der Waals surface area contributed by atoms with Crippen molar-refractivity contribution >= 4 is 5.91 Å². The zero-order valence-corrected chi connectivity index (χ0v) is 12.3. The van der Waals surface area contributed by atoms with Crippen LogP contribution in [-0.4, -0.2) is 23.9 Å². The molecule has 0 heterocycles. The predicted molar refractivity (Wildman–Crippen MR) is 79.2 cm³/mol. The highest BCUT2D eigenvalue weighted by molar-refractivity contribution is 5.84. The summed E-state index contributed by atoms with van der Waals surface area (Å²) in [6.45, 7) is 5.05. The Morgan fingerprint density at radius 2 is 2.25 bits per heavy atom. The van der Waals surface area contributed by atoms with Crippen LogP contribution in [0.4, 0.5) is 0 Å². The van der Waals surface area contributed by atoms with E-state index in [4.69, 9.17) is 5.26 Å². The molecule has 1 aromatic rings. The lowest BCUT2D eigenvalue weighted by Crippen LogP contribution is -2.38. The van der Waals surface area contributed by atoms with Crippen molar-refractivity contribution in [3.05, 3.63) is 35.4 Å². The molecule has 2 atom stereocenters. The molecule has 0 aromatic heterocycles. The third-order valence-electron chi connectivity index (χ3n) is 4.08. The van der Waals surface area contributed by atoms with Gasteiger partial charge in [-0.2, -0.15) is 5.26 Å². The molecule has 0 fully saturated rings. The van der Waals surface area contributed by atoms with Crippen LogP contribution in [-0.2, 0) is 11.2 Å². The molecule has 0 saturated heterocycles. The monoisotopic (exact) mass is 270 g/mol. The van der Waals surface area contributed by atoms with E-state index in [1.807, 2.05) is 30.9 Å². The molecule has 1 amide bonds. The first-order valence-corrected chi connectivity index (χ1v) is 7.43. The molecule has 0 bridgehead atoms. The van der Waals surface area contributed by atoms with Gasteiger partial charge in [0.15, 0.2) is 0 Å². The van der Waals surface area contributed by atoms with Crippen LogP contribution >= 0.6 is 0 Å².